The molecule has 0 aromatic heterocycles. The Bertz CT molecular complexity index is 500. The summed E-state index contributed by atoms with van der Waals surface area (Å²) in [4.78, 5) is 0. The van der Waals surface area contributed by atoms with E-state index in [2.05, 4.69) is 6.58 Å². The topological polar surface area (TPSA) is 20.2 Å². The fourth-order valence-corrected chi connectivity index (χ4v) is 2.31. The van der Waals surface area contributed by atoms with Gasteiger partial charge in [-0.05, 0) is 18.1 Å². The Morgan fingerprint density at radius 2 is 1.50 bits per heavy atom. The second-order valence-corrected chi connectivity index (χ2v) is 4.64. The van der Waals surface area contributed by atoms with Crippen LogP contribution in [0.2, 0.25) is 0 Å². The molecular weight excluding hydrogens is 220 g/mol. The molecule has 0 bridgehead atoms. The fraction of sp³-hybridized carbons (Fsp3) is 0.176. The van der Waals surface area contributed by atoms with E-state index in [0.29, 0.717) is 0 Å². The Balaban J connectivity index is 2.42. The summed E-state index contributed by atoms with van der Waals surface area (Å²) in [5.41, 5.74) is 1.02. The molecule has 18 heavy (non-hydrogen) atoms. The molecule has 0 saturated heterocycles. The van der Waals surface area contributed by atoms with Gasteiger partial charge >= 0.3 is 0 Å². The second kappa shape index (κ2) is 5.19. The zero-order valence-corrected chi connectivity index (χ0v) is 10.6. The van der Waals surface area contributed by atoms with Crippen molar-refractivity contribution in [3.05, 3.63) is 84.4 Å². The zero-order chi connectivity index (χ0) is 13.0. The van der Waals surface area contributed by atoms with Crippen LogP contribution in [-0.2, 0) is 5.60 Å². The van der Waals surface area contributed by atoms with Crippen molar-refractivity contribution in [3.63, 3.8) is 0 Å². The van der Waals surface area contributed by atoms with Crippen LogP contribution in [-0.4, -0.2) is 5.11 Å². The van der Waals surface area contributed by atoms with Crippen LogP contribution in [0.25, 0.3) is 0 Å². The fourth-order valence-electron chi connectivity index (χ4n) is 2.31. The lowest BCUT2D eigenvalue weighted by Gasteiger charge is -2.31. The molecule has 0 aliphatic rings. The van der Waals surface area contributed by atoms with Crippen LogP contribution in [0, 0.1) is 0 Å². The van der Waals surface area contributed by atoms with Gasteiger partial charge in [0.25, 0.3) is 0 Å². The molecule has 2 atom stereocenters. The molecule has 1 heteroatoms. The molecule has 0 fully saturated rings. The van der Waals surface area contributed by atoms with Gasteiger partial charge in [-0.2, -0.15) is 0 Å². The van der Waals surface area contributed by atoms with Gasteiger partial charge in [0.2, 0.25) is 0 Å². The summed E-state index contributed by atoms with van der Waals surface area (Å²) in [6.45, 7) is 5.70. The molecule has 1 N–H and O–H groups in total. The van der Waals surface area contributed by atoms with E-state index in [9.17, 15) is 5.11 Å². The van der Waals surface area contributed by atoms with Gasteiger partial charge in [0.15, 0.2) is 0 Å². The maximum absolute atomic E-state index is 10.8. The first-order valence-electron chi connectivity index (χ1n) is 6.11. The van der Waals surface area contributed by atoms with E-state index in [-0.39, 0.29) is 5.92 Å². The minimum Gasteiger partial charge on any atom is -0.384 e. The van der Waals surface area contributed by atoms with E-state index in [1.807, 2.05) is 73.7 Å². The van der Waals surface area contributed by atoms with Crippen molar-refractivity contribution in [3.8, 4) is 0 Å². The number of hydrogen-bond acceptors (Lipinski definition) is 1. The van der Waals surface area contributed by atoms with Crippen molar-refractivity contribution in [2.45, 2.75) is 18.4 Å². The lowest BCUT2D eigenvalue weighted by Crippen LogP contribution is -2.28. The van der Waals surface area contributed by atoms with Crippen LogP contribution in [0.5, 0.6) is 0 Å². The number of hydrogen-bond donors (Lipinski definition) is 1. The Labute approximate surface area is 108 Å². The average molecular weight is 238 g/mol. The van der Waals surface area contributed by atoms with Gasteiger partial charge in [-0.15, -0.1) is 6.58 Å². The molecule has 2 aromatic carbocycles. The highest BCUT2D eigenvalue weighted by Crippen LogP contribution is 2.37. The van der Waals surface area contributed by atoms with Crippen molar-refractivity contribution in [2.75, 3.05) is 0 Å². The SMILES string of the molecule is C=CC(c1ccccc1)C(C)(O)c1ccccc1. The van der Waals surface area contributed by atoms with Crippen molar-refractivity contribution >= 4 is 0 Å². The van der Waals surface area contributed by atoms with E-state index >= 15 is 0 Å². The summed E-state index contributed by atoms with van der Waals surface area (Å²) < 4.78 is 0. The van der Waals surface area contributed by atoms with Crippen LogP contribution in [0.3, 0.4) is 0 Å². The maximum atomic E-state index is 10.8. The van der Waals surface area contributed by atoms with Crippen molar-refractivity contribution in [2.24, 2.45) is 0 Å². The van der Waals surface area contributed by atoms with E-state index in [1.165, 1.54) is 0 Å². The van der Waals surface area contributed by atoms with E-state index in [1.54, 1.807) is 0 Å². The first kappa shape index (κ1) is 12.6. The Morgan fingerprint density at radius 1 is 1.00 bits per heavy atom. The van der Waals surface area contributed by atoms with Crippen molar-refractivity contribution < 1.29 is 5.11 Å². The van der Waals surface area contributed by atoms with Gasteiger partial charge in [-0.3, -0.25) is 0 Å². The molecule has 0 heterocycles. The maximum Gasteiger partial charge on any atom is 0.0971 e. The molecule has 0 amide bonds. The van der Waals surface area contributed by atoms with Crippen LogP contribution >= 0.6 is 0 Å². The van der Waals surface area contributed by atoms with E-state index < -0.39 is 5.60 Å². The van der Waals surface area contributed by atoms with E-state index in [4.69, 9.17) is 0 Å². The predicted molar refractivity (Wildman–Crippen MR) is 75.4 cm³/mol. The van der Waals surface area contributed by atoms with Gasteiger partial charge in [-0.1, -0.05) is 66.7 Å². The minimum atomic E-state index is -0.954. The third-order valence-corrected chi connectivity index (χ3v) is 3.36. The van der Waals surface area contributed by atoms with Crippen LogP contribution in [0.4, 0.5) is 0 Å². The molecule has 1 nitrogen and oxygen atoms in total. The lowest BCUT2D eigenvalue weighted by atomic mass is 9.79. The summed E-state index contributed by atoms with van der Waals surface area (Å²) in [5, 5.41) is 10.8. The normalized spacial score (nSPS) is 15.7. The third kappa shape index (κ3) is 2.36. The van der Waals surface area contributed by atoms with Gasteiger partial charge in [0, 0.05) is 5.92 Å². The molecular formula is C17H18O. The summed E-state index contributed by atoms with van der Waals surface area (Å²) >= 11 is 0. The number of aliphatic hydroxyl groups is 1. The van der Waals surface area contributed by atoms with E-state index in [0.717, 1.165) is 11.1 Å². The quantitative estimate of drug-likeness (QED) is 0.802. The Morgan fingerprint density at radius 3 is 2.00 bits per heavy atom. The first-order chi connectivity index (χ1) is 8.66. The van der Waals surface area contributed by atoms with Crippen molar-refractivity contribution in [1.82, 2.24) is 0 Å². The average Bonchev–Trinajstić information content (AvgIpc) is 2.41. The summed E-state index contributed by atoms with van der Waals surface area (Å²) in [6.07, 6.45) is 1.81. The third-order valence-electron chi connectivity index (χ3n) is 3.36. The largest absolute Gasteiger partial charge is 0.384 e. The zero-order valence-electron chi connectivity index (χ0n) is 10.6. The molecule has 0 saturated carbocycles. The van der Waals surface area contributed by atoms with Crippen molar-refractivity contribution in [1.29, 1.82) is 0 Å². The summed E-state index contributed by atoms with van der Waals surface area (Å²) in [7, 11) is 0. The highest BCUT2D eigenvalue weighted by Gasteiger charge is 2.32. The molecule has 2 rings (SSSR count). The molecule has 2 unspecified atom stereocenters. The Hall–Kier alpha value is -1.86. The molecule has 0 aliphatic carbocycles. The summed E-state index contributed by atoms with van der Waals surface area (Å²) in [6, 6.07) is 19.7. The van der Waals surface area contributed by atoms with Gasteiger partial charge in [-0.25, -0.2) is 0 Å². The summed E-state index contributed by atoms with van der Waals surface area (Å²) in [5.74, 6) is -0.124. The Kier molecular flexibility index (Phi) is 3.63. The van der Waals surface area contributed by atoms with Crippen LogP contribution in [0.15, 0.2) is 73.3 Å². The monoisotopic (exact) mass is 238 g/mol. The van der Waals surface area contributed by atoms with Crippen LogP contribution < -0.4 is 0 Å². The highest BCUT2D eigenvalue weighted by molar-refractivity contribution is 5.33. The van der Waals surface area contributed by atoms with Gasteiger partial charge in [0.1, 0.15) is 0 Å². The van der Waals surface area contributed by atoms with Crippen LogP contribution in [0.1, 0.15) is 24.0 Å². The molecule has 0 radical (unpaired) electrons. The highest BCUT2D eigenvalue weighted by atomic mass is 16.3. The van der Waals surface area contributed by atoms with Gasteiger partial charge in [0.05, 0.1) is 5.60 Å². The number of benzene rings is 2. The second-order valence-electron chi connectivity index (χ2n) is 4.64. The molecule has 0 spiro atoms. The first-order valence-corrected chi connectivity index (χ1v) is 6.11. The number of rotatable bonds is 4. The standard InChI is InChI=1S/C17H18O/c1-3-16(14-10-6-4-7-11-14)17(2,18)15-12-8-5-9-13-15/h3-13,16,18H,1H2,2H3. The van der Waals surface area contributed by atoms with Gasteiger partial charge < -0.3 is 5.11 Å². The predicted octanol–water partition coefficient (Wildman–Crippen LogP) is 3.86. The minimum absolute atomic E-state index is 0.124. The molecule has 2 aromatic rings. The molecule has 92 valence electrons. The smallest absolute Gasteiger partial charge is 0.0971 e. The lowest BCUT2D eigenvalue weighted by molar-refractivity contribution is 0.0417. The molecule has 0 aliphatic heterocycles.